The van der Waals surface area contributed by atoms with E-state index in [1.807, 2.05) is 6.07 Å². The number of fused-ring (bicyclic) bond motifs is 1. The topological polar surface area (TPSA) is 59.6 Å². The summed E-state index contributed by atoms with van der Waals surface area (Å²) in [6, 6.07) is 4.05. The molecule has 0 fully saturated rings. The van der Waals surface area contributed by atoms with Crippen LogP contribution < -0.4 is 15.9 Å². The monoisotopic (exact) mass is 233 g/mol. The molecule has 4 heteroatoms. The normalized spacial score (nSPS) is 19.6. The molecule has 0 saturated heterocycles. The van der Waals surface area contributed by atoms with Crippen molar-refractivity contribution >= 4 is 11.4 Å². The van der Waals surface area contributed by atoms with Crippen LogP contribution in [0.3, 0.4) is 0 Å². The number of nitrogens with one attached hydrogen (secondary N) is 1. The first-order chi connectivity index (χ1) is 7.99. The van der Waals surface area contributed by atoms with Crippen LogP contribution in [-0.4, -0.2) is 18.4 Å². The lowest BCUT2D eigenvalue weighted by Crippen LogP contribution is -2.45. The Morgan fingerprint density at radius 3 is 2.71 bits per heavy atom. The number of nitrogens with two attached hydrogens (primary N) is 1. The molecule has 0 bridgehead atoms. The second-order valence-electron chi connectivity index (χ2n) is 4.94. The standard InChI is InChI=1S/C13H19N3O/c1-8-5-6-10(17-4)12-9(8)7-11(16-14)13(2,3)15-12/h5-6,15H,7,14H2,1-4H3/b16-11+. The first-order valence-electron chi connectivity index (χ1n) is 5.71. The van der Waals surface area contributed by atoms with Crippen LogP contribution in [0.25, 0.3) is 0 Å². The van der Waals surface area contributed by atoms with Gasteiger partial charge in [-0.05, 0) is 38.0 Å². The average Bonchev–Trinajstić information content (AvgIpc) is 2.28. The van der Waals surface area contributed by atoms with E-state index in [-0.39, 0.29) is 5.54 Å². The quantitative estimate of drug-likeness (QED) is 0.576. The van der Waals surface area contributed by atoms with Crippen molar-refractivity contribution in [1.29, 1.82) is 0 Å². The summed E-state index contributed by atoms with van der Waals surface area (Å²) in [5.74, 6) is 6.34. The van der Waals surface area contributed by atoms with Crippen molar-refractivity contribution in [3.05, 3.63) is 23.3 Å². The summed E-state index contributed by atoms with van der Waals surface area (Å²) >= 11 is 0. The van der Waals surface area contributed by atoms with Gasteiger partial charge in [-0.2, -0.15) is 5.10 Å². The highest BCUT2D eigenvalue weighted by Gasteiger charge is 2.33. The van der Waals surface area contributed by atoms with Crippen molar-refractivity contribution in [1.82, 2.24) is 0 Å². The number of hydrazone groups is 1. The Morgan fingerprint density at radius 1 is 1.41 bits per heavy atom. The van der Waals surface area contributed by atoms with E-state index in [4.69, 9.17) is 10.6 Å². The molecule has 1 heterocycles. The molecule has 0 radical (unpaired) electrons. The van der Waals surface area contributed by atoms with Gasteiger partial charge < -0.3 is 15.9 Å². The SMILES string of the molecule is COc1ccc(C)c2c1NC(C)(C)/C(=N/N)C2. The van der Waals surface area contributed by atoms with Gasteiger partial charge in [-0.25, -0.2) is 0 Å². The van der Waals surface area contributed by atoms with E-state index < -0.39 is 0 Å². The van der Waals surface area contributed by atoms with Gasteiger partial charge in [-0.3, -0.25) is 0 Å². The predicted octanol–water partition coefficient (Wildman–Crippen LogP) is 2.06. The first kappa shape index (κ1) is 11.8. The van der Waals surface area contributed by atoms with Gasteiger partial charge in [0.15, 0.2) is 0 Å². The summed E-state index contributed by atoms with van der Waals surface area (Å²) < 4.78 is 5.40. The molecule has 1 aliphatic rings. The molecule has 0 saturated carbocycles. The zero-order valence-corrected chi connectivity index (χ0v) is 10.8. The highest BCUT2D eigenvalue weighted by Crippen LogP contribution is 2.37. The number of benzene rings is 1. The fraction of sp³-hybridized carbons (Fsp3) is 0.462. The summed E-state index contributed by atoms with van der Waals surface area (Å²) in [5, 5.41) is 7.37. The molecule has 2 rings (SSSR count). The van der Waals surface area contributed by atoms with Crippen LogP contribution in [-0.2, 0) is 6.42 Å². The molecule has 3 N–H and O–H groups in total. The molecule has 1 aromatic carbocycles. The van der Waals surface area contributed by atoms with Gasteiger partial charge in [0.1, 0.15) is 5.75 Å². The highest BCUT2D eigenvalue weighted by molar-refractivity contribution is 6.01. The van der Waals surface area contributed by atoms with Crippen LogP contribution in [0.1, 0.15) is 25.0 Å². The van der Waals surface area contributed by atoms with Gasteiger partial charge in [-0.15, -0.1) is 0 Å². The van der Waals surface area contributed by atoms with Crippen LogP contribution in [0.2, 0.25) is 0 Å². The molecule has 4 nitrogen and oxygen atoms in total. The third-order valence-corrected chi connectivity index (χ3v) is 3.39. The molecule has 0 atom stereocenters. The number of hydrogen-bond donors (Lipinski definition) is 2. The number of methoxy groups -OCH3 is 1. The second-order valence-corrected chi connectivity index (χ2v) is 4.94. The molecule has 0 unspecified atom stereocenters. The van der Waals surface area contributed by atoms with Crippen LogP contribution >= 0.6 is 0 Å². The Morgan fingerprint density at radius 2 is 2.12 bits per heavy atom. The molecule has 0 amide bonds. The summed E-state index contributed by atoms with van der Waals surface area (Å²) in [6.07, 6.45) is 0.773. The van der Waals surface area contributed by atoms with Gasteiger partial charge in [-0.1, -0.05) is 6.07 Å². The number of anilines is 1. The maximum absolute atomic E-state index is 5.47. The molecule has 0 spiro atoms. The van der Waals surface area contributed by atoms with Crippen molar-refractivity contribution in [3.63, 3.8) is 0 Å². The average molecular weight is 233 g/mol. The zero-order chi connectivity index (χ0) is 12.6. The molecule has 1 aliphatic heterocycles. The minimum atomic E-state index is -0.233. The van der Waals surface area contributed by atoms with E-state index in [1.165, 1.54) is 11.1 Å². The maximum Gasteiger partial charge on any atom is 0.142 e. The minimum absolute atomic E-state index is 0.233. The molecule has 17 heavy (non-hydrogen) atoms. The van der Waals surface area contributed by atoms with Crippen molar-refractivity contribution in [3.8, 4) is 5.75 Å². The maximum atomic E-state index is 5.47. The zero-order valence-electron chi connectivity index (χ0n) is 10.8. The van der Waals surface area contributed by atoms with E-state index >= 15 is 0 Å². The van der Waals surface area contributed by atoms with Crippen molar-refractivity contribution in [2.45, 2.75) is 32.7 Å². The van der Waals surface area contributed by atoms with Crippen LogP contribution in [0.5, 0.6) is 5.75 Å². The van der Waals surface area contributed by atoms with Crippen LogP contribution in [0, 0.1) is 6.92 Å². The summed E-state index contributed by atoms with van der Waals surface area (Å²) in [4.78, 5) is 0. The second kappa shape index (κ2) is 3.95. The number of ether oxygens (including phenoxy) is 1. The van der Waals surface area contributed by atoms with E-state index in [0.717, 1.165) is 23.6 Å². The van der Waals surface area contributed by atoms with Gasteiger partial charge in [0, 0.05) is 6.42 Å². The largest absolute Gasteiger partial charge is 0.495 e. The molecule has 0 aliphatic carbocycles. The molecular formula is C13H19N3O. The Hall–Kier alpha value is -1.71. The number of nitrogens with zero attached hydrogens (tertiary/aromatic N) is 1. The first-order valence-corrected chi connectivity index (χ1v) is 5.71. The molecule has 92 valence electrons. The Bertz CT molecular complexity index is 478. The molecular weight excluding hydrogens is 214 g/mol. The van der Waals surface area contributed by atoms with Gasteiger partial charge >= 0.3 is 0 Å². The van der Waals surface area contributed by atoms with E-state index in [2.05, 4.69) is 37.3 Å². The summed E-state index contributed by atoms with van der Waals surface area (Å²) in [5.41, 5.74) is 4.23. The fourth-order valence-corrected chi connectivity index (χ4v) is 2.25. The van der Waals surface area contributed by atoms with E-state index in [0.29, 0.717) is 0 Å². The Labute approximate surface area is 102 Å². The number of rotatable bonds is 1. The predicted molar refractivity (Wildman–Crippen MR) is 70.8 cm³/mol. The van der Waals surface area contributed by atoms with Crippen LogP contribution in [0.4, 0.5) is 5.69 Å². The van der Waals surface area contributed by atoms with Crippen molar-refractivity contribution in [2.24, 2.45) is 10.9 Å². The summed E-state index contributed by atoms with van der Waals surface area (Å²) in [7, 11) is 1.69. The third-order valence-electron chi connectivity index (χ3n) is 3.39. The van der Waals surface area contributed by atoms with Gasteiger partial charge in [0.2, 0.25) is 0 Å². The third kappa shape index (κ3) is 1.84. The Balaban J connectivity index is 2.59. The van der Waals surface area contributed by atoms with Gasteiger partial charge in [0.25, 0.3) is 0 Å². The fourth-order valence-electron chi connectivity index (χ4n) is 2.25. The van der Waals surface area contributed by atoms with Gasteiger partial charge in [0.05, 0.1) is 24.0 Å². The lowest BCUT2D eigenvalue weighted by atomic mass is 9.85. The molecule has 1 aromatic rings. The minimum Gasteiger partial charge on any atom is -0.495 e. The van der Waals surface area contributed by atoms with Crippen LogP contribution in [0.15, 0.2) is 17.2 Å². The van der Waals surface area contributed by atoms with E-state index in [1.54, 1.807) is 7.11 Å². The number of hydrogen-bond acceptors (Lipinski definition) is 4. The lowest BCUT2D eigenvalue weighted by molar-refractivity contribution is 0.415. The van der Waals surface area contributed by atoms with Crippen molar-refractivity contribution in [2.75, 3.05) is 12.4 Å². The van der Waals surface area contributed by atoms with E-state index in [9.17, 15) is 0 Å². The highest BCUT2D eigenvalue weighted by atomic mass is 16.5. The summed E-state index contributed by atoms with van der Waals surface area (Å²) in [6.45, 7) is 6.24. The van der Waals surface area contributed by atoms with Crippen molar-refractivity contribution < 1.29 is 4.74 Å². The molecule has 0 aromatic heterocycles. The Kier molecular flexibility index (Phi) is 2.73. The smallest absolute Gasteiger partial charge is 0.142 e. The number of aryl methyl sites for hydroxylation is 1. The lowest BCUT2D eigenvalue weighted by Gasteiger charge is -2.36.